The molecule has 5 nitrogen and oxygen atoms in total. The van der Waals surface area contributed by atoms with Crippen LogP contribution >= 0.6 is 0 Å². The van der Waals surface area contributed by atoms with Gasteiger partial charge in [-0.25, -0.2) is 0 Å². The number of rotatable bonds is 3. The first-order valence-electron chi connectivity index (χ1n) is 11.4. The third kappa shape index (κ3) is 12.5. The Bertz CT molecular complexity index is 951. The van der Waals surface area contributed by atoms with Crippen molar-refractivity contribution in [3.63, 3.8) is 0 Å². The standard InChI is InChI=1S/C23H25N2.3C2H6N.Ti/c1-14-10-16(3)22(17(4)11-14)20-8-7-9-21(24-20)25-23-18(5)12-15(2)13-19(23)6;3*1-3-2;/h7-13H,1-6H3;3*1-2H3;/q4*-1;+4. The van der Waals surface area contributed by atoms with Gasteiger partial charge in [-0.1, -0.05) is 59.4 Å². The zero-order valence-corrected chi connectivity index (χ0v) is 25.3. The summed E-state index contributed by atoms with van der Waals surface area (Å²) < 4.78 is 0. The fraction of sp³-hybridized carbons (Fsp3) is 0.414. The van der Waals surface area contributed by atoms with E-state index in [2.05, 4.69) is 87.8 Å². The molecule has 3 aromatic rings. The predicted molar refractivity (Wildman–Crippen MR) is 153 cm³/mol. The molecule has 0 unspecified atom stereocenters. The molecule has 0 saturated heterocycles. The van der Waals surface area contributed by atoms with Gasteiger partial charge in [0, 0.05) is 0 Å². The van der Waals surface area contributed by atoms with E-state index in [1.54, 1.807) is 42.3 Å². The van der Waals surface area contributed by atoms with Gasteiger partial charge in [-0.15, -0.1) is 0 Å². The Kier molecular flexibility index (Phi) is 19.3. The van der Waals surface area contributed by atoms with Crippen LogP contribution in [0.1, 0.15) is 33.4 Å². The predicted octanol–water partition coefficient (Wildman–Crippen LogP) is 8.79. The van der Waals surface area contributed by atoms with Crippen LogP contribution in [0.4, 0.5) is 11.5 Å². The molecule has 0 fully saturated rings. The van der Waals surface area contributed by atoms with Gasteiger partial charge in [0.2, 0.25) is 0 Å². The van der Waals surface area contributed by atoms with Gasteiger partial charge in [-0.3, -0.25) is 0 Å². The number of hydrogen-bond acceptors (Lipinski definition) is 1. The van der Waals surface area contributed by atoms with E-state index in [1.807, 2.05) is 12.1 Å². The first-order chi connectivity index (χ1) is 16.1. The van der Waals surface area contributed by atoms with Crippen molar-refractivity contribution in [2.75, 3.05) is 42.3 Å². The van der Waals surface area contributed by atoms with Crippen LogP contribution < -0.4 is 0 Å². The molecule has 0 aliphatic carbocycles. The van der Waals surface area contributed by atoms with E-state index in [9.17, 15) is 0 Å². The van der Waals surface area contributed by atoms with Crippen molar-refractivity contribution in [1.82, 2.24) is 4.98 Å². The summed E-state index contributed by atoms with van der Waals surface area (Å²) in [5, 5.41) is 15.3. The van der Waals surface area contributed by atoms with Crippen LogP contribution in [0.2, 0.25) is 0 Å². The maximum atomic E-state index is 4.83. The van der Waals surface area contributed by atoms with Gasteiger partial charge in [-0.05, 0) is 80.7 Å². The van der Waals surface area contributed by atoms with E-state index in [0.29, 0.717) is 0 Å². The summed E-state index contributed by atoms with van der Waals surface area (Å²) in [4.78, 5) is 4.83. The molecule has 0 bridgehead atoms. The number of hydrogen-bond donors (Lipinski definition) is 0. The Morgan fingerprint density at radius 2 is 0.943 bits per heavy atom. The van der Waals surface area contributed by atoms with Crippen molar-refractivity contribution in [1.29, 1.82) is 0 Å². The van der Waals surface area contributed by atoms with Gasteiger partial charge in [0.05, 0.1) is 0 Å². The summed E-state index contributed by atoms with van der Waals surface area (Å²) in [5.74, 6) is 0.756. The average Bonchev–Trinajstić information content (AvgIpc) is 2.72. The molecule has 0 N–H and O–H groups in total. The van der Waals surface area contributed by atoms with Gasteiger partial charge in [-0.2, -0.15) is 42.3 Å². The molecule has 35 heavy (non-hydrogen) atoms. The molecule has 1 aromatic heterocycles. The molecule has 3 rings (SSSR count). The first-order valence-corrected chi connectivity index (χ1v) is 11.4. The van der Waals surface area contributed by atoms with Crippen LogP contribution in [0.3, 0.4) is 0 Å². The maximum absolute atomic E-state index is 4.83. The number of aromatic nitrogens is 1. The van der Waals surface area contributed by atoms with Crippen molar-refractivity contribution in [3.8, 4) is 11.3 Å². The molecule has 0 aliphatic heterocycles. The van der Waals surface area contributed by atoms with Crippen molar-refractivity contribution in [3.05, 3.63) is 97.1 Å². The normalized spacial score (nSPS) is 9.26. The summed E-state index contributed by atoms with van der Waals surface area (Å²) in [6.07, 6.45) is 0. The Morgan fingerprint density at radius 1 is 0.571 bits per heavy atom. The molecular formula is C29H43N5Ti. The van der Waals surface area contributed by atoms with Gasteiger partial charge in [0.15, 0.2) is 0 Å². The zero-order valence-electron chi connectivity index (χ0n) is 23.8. The zero-order chi connectivity index (χ0) is 26.3. The second-order valence-electron chi connectivity index (χ2n) is 8.36. The van der Waals surface area contributed by atoms with Gasteiger partial charge in [0.25, 0.3) is 0 Å². The number of pyridine rings is 1. The van der Waals surface area contributed by atoms with E-state index >= 15 is 0 Å². The summed E-state index contributed by atoms with van der Waals surface area (Å²) in [6.45, 7) is 12.8. The van der Waals surface area contributed by atoms with Crippen LogP contribution in [0.25, 0.3) is 32.5 Å². The fourth-order valence-corrected chi connectivity index (χ4v) is 3.67. The van der Waals surface area contributed by atoms with Crippen LogP contribution in [-0.2, 0) is 21.7 Å². The largest absolute Gasteiger partial charge is 4.00 e. The number of nitrogens with zero attached hydrogens (tertiary/aromatic N) is 5. The molecule has 0 radical (unpaired) electrons. The monoisotopic (exact) mass is 509 g/mol. The second-order valence-corrected chi connectivity index (χ2v) is 8.36. The molecule has 0 atom stereocenters. The van der Waals surface area contributed by atoms with Crippen molar-refractivity contribution in [2.24, 2.45) is 0 Å². The van der Waals surface area contributed by atoms with Crippen LogP contribution in [0, 0.1) is 41.5 Å². The molecule has 0 saturated carbocycles. The minimum Gasteiger partial charge on any atom is -0.668 e. The van der Waals surface area contributed by atoms with Gasteiger partial charge in [0.1, 0.15) is 0 Å². The minimum atomic E-state index is 0. The smallest absolute Gasteiger partial charge is 0.668 e. The Labute approximate surface area is 229 Å². The first kappa shape index (κ1) is 35.1. The fourth-order valence-electron chi connectivity index (χ4n) is 3.67. The number of benzene rings is 2. The van der Waals surface area contributed by atoms with Crippen LogP contribution in [-0.4, -0.2) is 47.3 Å². The van der Waals surface area contributed by atoms with E-state index in [0.717, 1.165) is 17.2 Å². The summed E-state index contributed by atoms with van der Waals surface area (Å²) >= 11 is 0. The molecule has 0 aliphatic rings. The molecule has 0 spiro atoms. The van der Waals surface area contributed by atoms with E-state index in [4.69, 9.17) is 10.3 Å². The average molecular weight is 510 g/mol. The van der Waals surface area contributed by atoms with E-state index < -0.39 is 0 Å². The minimum absolute atomic E-state index is 0. The second kappa shape index (κ2) is 19.2. The molecular weight excluding hydrogens is 466 g/mol. The van der Waals surface area contributed by atoms with Crippen LogP contribution in [0.15, 0.2) is 42.5 Å². The summed E-state index contributed by atoms with van der Waals surface area (Å²) in [6, 6.07) is 14.8. The van der Waals surface area contributed by atoms with Gasteiger partial charge < -0.3 is 26.3 Å². The Balaban J connectivity index is 0. The topological polar surface area (TPSA) is 69.3 Å². The van der Waals surface area contributed by atoms with Crippen molar-refractivity contribution >= 4 is 11.5 Å². The molecule has 2 aromatic carbocycles. The molecule has 1 heterocycles. The Hall–Kier alpha value is -2.02. The van der Waals surface area contributed by atoms with Crippen molar-refractivity contribution in [2.45, 2.75) is 41.5 Å². The summed E-state index contributed by atoms with van der Waals surface area (Å²) in [7, 11) is 10.5. The maximum Gasteiger partial charge on any atom is 4.00 e. The molecule has 6 heteroatoms. The third-order valence-electron chi connectivity index (χ3n) is 4.53. The number of aryl methyl sites for hydroxylation is 6. The molecule has 0 amide bonds. The Morgan fingerprint density at radius 3 is 1.34 bits per heavy atom. The van der Waals surface area contributed by atoms with E-state index in [-0.39, 0.29) is 21.7 Å². The van der Waals surface area contributed by atoms with Gasteiger partial charge >= 0.3 is 21.7 Å². The quantitative estimate of drug-likeness (QED) is 0.325. The molecule has 188 valence electrons. The van der Waals surface area contributed by atoms with Crippen LogP contribution in [0.5, 0.6) is 0 Å². The summed E-state index contributed by atoms with van der Waals surface area (Å²) in [5.41, 5.74) is 10.6. The SMILES string of the molecule is C[N-]C.C[N-]C.C[N-]C.Cc1cc(C)c([N-]c2cccc(-c3c(C)cc(C)cc3C)n2)c(C)c1.[Ti+4]. The van der Waals surface area contributed by atoms with Crippen molar-refractivity contribution < 1.29 is 21.7 Å². The van der Waals surface area contributed by atoms with E-state index in [1.165, 1.54) is 38.9 Å². The third-order valence-corrected chi connectivity index (χ3v) is 4.53.